The van der Waals surface area contributed by atoms with Crippen LogP contribution in [0.4, 0.5) is 5.82 Å². The number of aromatic nitrogens is 4. The van der Waals surface area contributed by atoms with Crippen LogP contribution in [0.3, 0.4) is 0 Å². The maximum atomic E-state index is 11.8. The fourth-order valence-electron chi connectivity index (χ4n) is 1.55. The Kier molecular flexibility index (Phi) is 4.07. The van der Waals surface area contributed by atoms with Gasteiger partial charge in [-0.1, -0.05) is 0 Å². The lowest BCUT2D eigenvalue weighted by atomic mass is 10.3. The minimum atomic E-state index is -0.251. The zero-order valence-electron chi connectivity index (χ0n) is 10.9. The second-order valence-corrected chi connectivity index (χ2v) is 4.02. The number of hydrogen-bond donors (Lipinski definition) is 2. The zero-order valence-corrected chi connectivity index (χ0v) is 10.9. The van der Waals surface area contributed by atoms with Crippen LogP contribution >= 0.6 is 0 Å². The summed E-state index contributed by atoms with van der Waals surface area (Å²) < 4.78 is 1.69. The van der Waals surface area contributed by atoms with Gasteiger partial charge in [-0.3, -0.25) is 9.48 Å². The molecule has 0 spiro atoms. The first-order chi connectivity index (χ1) is 9.19. The highest BCUT2D eigenvalue weighted by atomic mass is 16.1. The predicted molar refractivity (Wildman–Crippen MR) is 70.6 cm³/mol. The van der Waals surface area contributed by atoms with E-state index in [1.807, 2.05) is 20.2 Å². The van der Waals surface area contributed by atoms with Crippen molar-refractivity contribution in [2.75, 3.05) is 11.9 Å². The molecule has 0 aliphatic carbocycles. The molecule has 0 saturated carbocycles. The van der Waals surface area contributed by atoms with Gasteiger partial charge in [0.05, 0.1) is 18.6 Å². The molecule has 0 saturated heterocycles. The number of amides is 1. The number of anilines is 1. The van der Waals surface area contributed by atoms with Gasteiger partial charge in [-0.15, -0.1) is 0 Å². The van der Waals surface area contributed by atoms with Gasteiger partial charge in [-0.2, -0.15) is 5.10 Å². The normalized spacial score (nSPS) is 10.2. The minimum Gasteiger partial charge on any atom is -0.369 e. The van der Waals surface area contributed by atoms with Gasteiger partial charge < -0.3 is 10.6 Å². The van der Waals surface area contributed by atoms with Crippen LogP contribution in [0, 0.1) is 0 Å². The molecule has 2 heterocycles. The molecule has 0 fully saturated rings. The van der Waals surface area contributed by atoms with Crippen LogP contribution in [0.15, 0.2) is 24.8 Å². The van der Waals surface area contributed by atoms with Gasteiger partial charge in [0.25, 0.3) is 5.91 Å². The summed E-state index contributed by atoms with van der Waals surface area (Å²) in [7, 11) is 1.83. The topological polar surface area (TPSA) is 84.7 Å². The van der Waals surface area contributed by atoms with Crippen LogP contribution in [0.5, 0.6) is 0 Å². The molecule has 0 radical (unpaired) electrons. The Morgan fingerprint density at radius 2 is 2.16 bits per heavy atom. The average Bonchev–Trinajstić information content (AvgIpc) is 2.83. The third-order valence-corrected chi connectivity index (χ3v) is 2.45. The molecule has 2 rings (SSSR count). The number of nitrogens with zero attached hydrogens (tertiary/aromatic N) is 4. The van der Waals surface area contributed by atoms with E-state index in [0.717, 1.165) is 12.1 Å². The highest BCUT2D eigenvalue weighted by molar-refractivity contribution is 5.91. The predicted octanol–water partition coefficient (Wildman–Crippen LogP) is 0.572. The van der Waals surface area contributed by atoms with Gasteiger partial charge in [0, 0.05) is 31.9 Å². The lowest BCUT2D eigenvalue weighted by molar-refractivity contribution is 0.0945. The molecular weight excluding hydrogens is 244 g/mol. The van der Waals surface area contributed by atoms with Gasteiger partial charge in [0.15, 0.2) is 0 Å². The highest BCUT2D eigenvalue weighted by Gasteiger charge is 2.08. The van der Waals surface area contributed by atoms with Crippen LogP contribution in [-0.4, -0.2) is 32.2 Å². The SMILES string of the molecule is CCNc1cnc(C(=O)NCc2cnn(C)c2)cn1. The van der Waals surface area contributed by atoms with Crippen molar-refractivity contribution in [1.82, 2.24) is 25.1 Å². The third-order valence-electron chi connectivity index (χ3n) is 2.45. The first kappa shape index (κ1) is 13.0. The summed E-state index contributed by atoms with van der Waals surface area (Å²) >= 11 is 0. The number of carbonyl (C=O) groups excluding carboxylic acids is 1. The fraction of sp³-hybridized carbons (Fsp3) is 0.333. The monoisotopic (exact) mass is 260 g/mol. The molecule has 100 valence electrons. The molecule has 2 aromatic heterocycles. The van der Waals surface area contributed by atoms with E-state index in [1.54, 1.807) is 17.1 Å². The average molecular weight is 260 g/mol. The molecule has 7 nitrogen and oxygen atoms in total. The van der Waals surface area contributed by atoms with E-state index in [9.17, 15) is 4.79 Å². The number of hydrogen-bond acceptors (Lipinski definition) is 5. The van der Waals surface area contributed by atoms with Crippen molar-refractivity contribution in [2.24, 2.45) is 7.05 Å². The fourth-order valence-corrected chi connectivity index (χ4v) is 1.55. The van der Waals surface area contributed by atoms with Crippen molar-refractivity contribution in [3.8, 4) is 0 Å². The first-order valence-electron chi connectivity index (χ1n) is 6.00. The Morgan fingerprint density at radius 1 is 1.32 bits per heavy atom. The minimum absolute atomic E-state index is 0.251. The van der Waals surface area contributed by atoms with Gasteiger partial charge in [-0.25, -0.2) is 9.97 Å². The molecule has 0 atom stereocenters. The zero-order chi connectivity index (χ0) is 13.7. The lowest BCUT2D eigenvalue weighted by Gasteiger charge is -2.04. The Balaban J connectivity index is 1.92. The van der Waals surface area contributed by atoms with E-state index in [1.165, 1.54) is 6.20 Å². The summed E-state index contributed by atoms with van der Waals surface area (Å²) in [4.78, 5) is 20.0. The summed E-state index contributed by atoms with van der Waals surface area (Å²) in [6.45, 7) is 3.15. The molecule has 0 unspecified atom stereocenters. The van der Waals surface area contributed by atoms with E-state index >= 15 is 0 Å². The van der Waals surface area contributed by atoms with Crippen LogP contribution in [-0.2, 0) is 13.6 Å². The number of rotatable bonds is 5. The molecule has 19 heavy (non-hydrogen) atoms. The Bertz CT molecular complexity index is 548. The van der Waals surface area contributed by atoms with Crippen molar-refractivity contribution in [2.45, 2.75) is 13.5 Å². The van der Waals surface area contributed by atoms with Gasteiger partial charge in [-0.05, 0) is 6.92 Å². The van der Waals surface area contributed by atoms with Gasteiger partial charge in [0.2, 0.25) is 0 Å². The molecule has 2 N–H and O–H groups in total. The Hall–Kier alpha value is -2.44. The van der Waals surface area contributed by atoms with Crippen LogP contribution < -0.4 is 10.6 Å². The number of carbonyl (C=O) groups is 1. The molecule has 0 aliphatic rings. The van der Waals surface area contributed by atoms with Crippen molar-refractivity contribution in [1.29, 1.82) is 0 Å². The van der Waals surface area contributed by atoms with Crippen molar-refractivity contribution in [3.05, 3.63) is 36.0 Å². The second-order valence-electron chi connectivity index (χ2n) is 4.02. The summed E-state index contributed by atoms with van der Waals surface area (Å²) in [6.07, 6.45) is 6.56. The summed E-state index contributed by atoms with van der Waals surface area (Å²) in [5, 5.41) is 9.81. The second kappa shape index (κ2) is 5.94. The van der Waals surface area contributed by atoms with Crippen LogP contribution in [0.25, 0.3) is 0 Å². The molecular formula is C12H16N6O. The van der Waals surface area contributed by atoms with E-state index in [2.05, 4.69) is 25.7 Å². The Morgan fingerprint density at radius 3 is 2.74 bits per heavy atom. The quantitative estimate of drug-likeness (QED) is 0.821. The van der Waals surface area contributed by atoms with Crippen molar-refractivity contribution < 1.29 is 4.79 Å². The van der Waals surface area contributed by atoms with E-state index in [4.69, 9.17) is 0 Å². The largest absolute Gasteiger partial charge is 0.369 e. The van der Waals surface area contributed by atoms with Crippen molar-refractivity contribution >= 4 is 11.7 Å². The smallest absolute Gasteiger partial charge is 0.271 e. The first-order valence-corrected chi connectivity index (χ1v) is 6.00. The number of aryl methyl sites for hydroxylation is 1. The summed E-state index contributed by atoms with van der Waals surface area (Å²) in [6, 6.07) is 0. The maximum absolute atomic E-state index is 11.8. The lowest BCUT2D eigenvalue weighted by Crippen LogP contribution is -2.23. The maximum Gasteiger partial charge on any atom is 0.271 e. The van der Waals surface area contributed by atoms with Crippen LogP contribution in [0.1, 0.15) is 23.0 Å². The number of nitrogens with one attached hydrogen (secondary N) is 2. The molecule has 0 aliphatic heterocycles. The molecule has 0 bridgehead atoms. The van der Waals surface area contributed by atoms with Gasteiger partial charge >= 0.3 is 0 Å². The standard InChI is InChI=1S/C12H16N6O/c1-3-13-11-7-14-10(6-15-11)12(19)16-4-9-5-17-18(2)8-9/h5-8H,3-4H2,1-2H3,(H,13,15)(H,16,19). The van der Waals surface area contributed by atoms with Crippen LogP contribution in [0.2, 0.25) is 0 Å². The highest BCUT2D eigenvalue weighted by Crippen LogP contribution is 2.01. The summed E-state index contributed by atoms with van der Waals surface area (Å²) in [5.74, 6) is 0.408. The summed E-state index contributed by atoms with van der Waals surface area (Å²) in [5.41, 5.74) is 1.23. The molecule has 1 amide bonds. The van der Waals surface area contributed by atoms with E-state index < -0.39 is 0 Å². The molecule has 7 heteroatoms. The van der Waals surface area contributed by atoms with E-state index in [0.29, 0.717) is 18.1 Å². The van der Waals surface area contributed by atoms with Gasteiger partial charge in [0.1, 0.15) is 11.5 Å². The van der Waals surface area contributed by atoms with E-state index in [-0.39, 0.29) is 5.91 Å². The third kappa shape index (κ3) is 3.51. The molecule has 0 aromatic carbocycles. The Labute approximate surface area is 111 Å². The van der Waals surface area contributed by atoms with Crippen molar-refractivity contribution in [3.63, 3.8) is 0 Å². The molecule has 2 aromatic rings.